The second-order valence-electron chi connectivity index (χ2n) is 7.84. The zero-order valence-electron chi connectivity index (χ0n) is 14.0. The molecule has 21 heavy (non-hydrogen) atoms. The number of likely N-dealkylation sites (tertiary alicyclic amines) is 1. The largest absolute Gasteiger partial charge is 0.307 e. The maximum Gasteiger partial charge on any atom is 0.0376 e. The zero-order valence-corrected chi connectivity index (χ0v) is 14.0. The molecule has 2 aliphatic rings. The Labute approximate surface area is 129 Å². The van der Waals surface area contributed by atoms with Crippen molar-refractivity contribution in [2.75, 3.05) is 13.6 Å². The van der Waals surface area contributed by atoms with E-state index in [-0.39, 0.29) is 0 Å². The Balaban J connectivity index is 1.80. The fourth-order valence-corrected chi connectivity index (χ4v) is 4.06. The number of aryl methyl sites for hydroxylation is 1. The number of benzene rings is 1. The summed E-state index contributed by atoms with van der Waals surface area (Å²) in [6, 6.07) is 10.9. The average Bonchev–Trinajstić information content (AvgIpc) is 2.46. The minimum atomic E-state index is 0.348. The third kappa shape index (κ3) is 3.02. The molecular weight excluding hydrogens is 256 g/mol. The van der Waals surface area contributed by atoms with E-state index >= 15 is 0 Å². The third-order valence-electron chi connectivity index (χ3n) is 5.80. The molecule has 0 saturated carbocycles. The van der Waals surface area contributed by atoms with Crippen molar-refractivity contribution >= 4 is 0 Å². The molecule has 1 heterocycles. The molecule has 3 unspecified atom stereocenters. The van der Waals surface area contributed by atoms with E-state index in [0.717, 1.165) is 0 Å². The highest BCUT2D eigenvalue weighted by atomic mass is 15.1. The van der Waals surface area contributed by atoms with Crippen molar-refractivity contribution in [3.63, 3.8) is 0 Å². The van der Waals surface area contributed by atoms with Crippen LogP contribution in [0.3, 0.4) is 0 Å². The van der Waals surface area contributed by atoms with Crippen molar-refractivity contribution in [3.05, 3.63) is 35.4 Å². The molecule has 0 radical (unpaired) electrons. The van der Waals surface area contributed by atoms with Gasteiger partial charge in [0, 0.05) is 18.1 Å². The lowest BCUT2D eigenvalue weighted by Gasteiger charge is -2.45. The second kappa shape index (κ2) is 5.73. The van der Waals surface area contributed by atoms with E-state index in [9.17, 15) is 0 Å². The van der Waals surface area contributed by atoms with Crippen LogP contribution in [-0.2, 0) is 6.42 Å². The first-order chi connectivity index (χ1) is 9.97. The Morgan fingerprint density at radius 3 is 2.76 bits per heavy atom. The van der Waals surface area contributed by atoms with Crippen LogP contribution in [0, 0.1) is 5.41 Å². The summed E-state index contributed by atoms with van der Waals surface area (Å²) in [5.41, 5.74) is 3.44. The molecule has 0 bridgehead atoms. The van der Waals surface area contributed by atoms with Crippen LogP contribution in [0.25, 0.3) is 0 Å². The summed E-state index contributed by atoms with van der Waals surface area (Å²) in [5, 5.41) is 4.03. The number of hydrogen-bond acceptors (Lipinski definition) is 2. The van der Waals surface area contributed by atoms with Crippen LogP contribution in [0.4, 0.5) is 0 Å². The predicted octanol–water partition coefficient (Wildman–Crippen LogP) is 3.77. The van der Waals surface area contributed by atoms with E-state index in [4.69, 9.17) is 0 Å². The Kier molecular flexibility index (Phi) is 4.11. The first-order valence-corrected chi connectivity index (χ1v) is 8.51. The van der Waals surface area contributed by atoms with Gasteiger partial charge in [-0.1, -0.05) is 38.1 Å². The van der Waals surface area contributed by atoms with Gasteiger partial charge < -0.3 is 10.2 Å². The number of nitrogens with zero attached hydrogens (tertiary/aromatic N) is 1. The van der Waals surface area contributed by atoms with Gasteiger partial charge >= 0.3 is 0 Å². The van der Waals surface area contributed by atoms with Crippen LogP contribution in [0.5, 0.6) is 0 Å². The van der Waals surface area contributed by atoms with Gasteiger partial charge in [-0.3, -0.25) is 0 Å². The molecule has 2 nitrogen and oxygen atoms in total. The Bertz CT molecular complexity index is 494. The van der Waals surface area contributed by atoms with Gasteiger partial charge in [0.25, 0.3) is 0 Å². The van der Waals surface area contributed by atoms with E-state index in [1.54, 1.807) is 11.1 Å². The van der Waals surface area contributed by atoms with Gasteiger partial charge in [0.15, 0.2) is 0 Å². The van der Waals surface area contributed by atoms with Gasteiger partial charge in [0.2, 0.25) is 0 Å². The van der Waals surface area contributed by atoms with Gasteiger partial charge in [0.1, 0.15) is 0 Å². The summed E-state index contributed by atoms with van der Waals surface area (Å²) in [7, 11) is 2.25. The summed E-state index contributed by atoms with van der Waals surface area (Å²) in [6.45, 7) is 8.43. The highest BCUT2D eigenvalue weighted by molar-refractivity contribution is 5.34. The van der Waals surface area contributed by atoms with Crippen LogP contribution in [-0.4, -0.2) is 30.6 Å². The maximum absolute atomic E-state index is 4.03. The zero-order chi connectivity index (χ0) is 15.0. The molecule has 1 saturated heterocycles. The molecular formula is C19H30N2. The number of piperidine rings is 1. The summed E-state index contributed by atoms with van der Waals surface area (Å²) in [6.07, 6.45) is 5.05. The molecule has 3 rings (SSSR count). The van der Waals surface area contributed by atoms with Crippen LogP contribution in [0.1, 0.15) is 57.2 Å². The minimum Gasteiger partial charge on any atom is -0.307 e. The molecule has 1 N–H and O–H groups in total. The SMILES string of the molecule is CC1CC(NC2c3ccccc3CCC2(C)C)CCN1C. The van der Waals surface area contributed by atoms with E-state index in [0.29, 0.717) is 23.5 Å². The molecule has 0 spiro atoms. The van der Waals surface area contributed by atoms with Crippen molar-refractivity contribution in [3.8, 4) is 0 Å². The van der Waals surface area contributed by atoms with E-state index in [2.05, 4.69) is 62.3 Å². The quantitative estimate of drug-likeness (QED) is 0.890. The topological polar surface area (TPSA) is 15.3 Å². The smallest absolute Gasteiger partial charge is 0.0376 e. The average molecular weight is 286 g/mol. The lowest BCUT2D eigenvalue weighted by Crippen LogP contribution is -2.49. The van der Waals surface area contributed by atoms with E-state index in [1.165, 1.54) is 32.2 Å². The number of hydrogen-bond donors (Lipinski definition) is 1. The number of rotatable bonds is 2. The highest BCUT2D eigenvalue weighted by Gasteiger charge is 2.37. The van der Waals surface area contributed by atoms with Gasteiger partial charge in [-0.2, -0.15) is 0 Å². The monoisotopic (exact) mass is 286 g/mol. The molecule has 0 aromatic heterocycles. The molecule has 2 heteroatoms. The molecule has 0 amide bonds. The molecule has 3 atom stereocenters. The second-order valence-corrected chi connectivity index (χ2v) is 7.84. The lowest BCUT2D eigenvalue weighted by atomic mass is 9.70. The minimum absolute atomic E-state index is 0.348. The molecule has 1 aliphatic carbocycles. The predicted molar refractivity (Wildman–Crippen MR) is 89.5 cm³/mol. The van der Waals surface area contributed by atoms with Gasteiger partial charge in [-0.05, 0) is 62.7 Å². The number of fused-ring (bicyclic) bond motifs is 1. The van der Waals surface area contributed by atoms with E-state index in [1.807, 2.05) is 0 Å². The van der Waals surface area contributed by atoms with Crippen molar-refractivity contribution in [2.24, 2.45) is 5.41 Å². The van der Waals surface area contributed by atoms with Crippen molar-refractivity contribution in [1.29, 1.82) is 0 Å². The highest BCUT2D eigenvalue weighted by Crippen LogP contribution is 2.44. The molecule has 1 aromatic rings. The van der Waals surface area contributed by atoms with Gasteiger partial charge in [-0.15, -0.1) is 0 Å². The van der Waals surface area contributed by atoms with Crippen molar-refractivity contribution < 1.29 is 0 Å². The van der Waals surface area contributed by atoms with Crippen LogP contribution in [0.2, 0.25) is 0 Å². The van der Waals surface area contributed by atoms with Gasteiger partial charge in [-0.25, -0.2) is 0 Å². The van der Waals surface area contributed by atoms with Gasteiger partial charge in [0.05, 0.1) is 0 Å². The van der Waals surface area contributed by atoms with E-state index < -0.39 is 0 Å². The lowest BCUT2D eigenvalue weighted by molar-refractivity contribution is 0.130. The Morgan fingerprint density at radius 2 is 2.00 bits per heavy atom. The first kappa shape index (κ1) is 15.1. The van der Waals surface area contributed by atoms with Crippen molar-refractivity contribution in [2.45, 2.75) is 64.6 Å². The van der Waals surface area contributed by atoms with Crippen LogP contribution >= 0.6 is 0 Å². The molecule has 116 valence electrons. The summed E-state index contributed by atoms with van der Waals surface area (Å²) in [4.78, 5) is 2.48. The summed E-state index contributed by atoms with van der Waals surface area (Å²) in [5.74, 6) is 0. The fourth-order valence-electron chi connectivity index (χ4n) is 4.06. The van der Waals surface area contributed by atoms with Crippen LogP contribution in [0.15, 0.2) is 24.3 Å². The Morgan fingerprint density at radius 1 is 1.24 bits per heavy atom. The molecule has 1 aromatic carbocycles. The van der Waals surface area contributed by atoms with Crippen LogP contribution < -0.4 is 5.32 Å². The summed E-state index contributed by atoms with van der Waals surface area (Å²) < 4.78 is 0. The fraction of sp³-hybridized carbons (Fsp3) is 0.684. The standard InChI is InChI=1S/C19H30N2/c1-14-13-16(10-12-21(14)4)20-18-17-8-6-5-7-15(17)9-11-19(18,2)3/h5-8,14,16,18,20H,9-13H2,1-4H3. The normalized spacial score (nSPS) is 32.7. The summed E-state index contributed by atoms with van der Waals surface area (Å²) >= 11 is 0. The Hall–Kier alpha value is -0.860. The first-order valence-electron chi connectivity index (χ1n) is 8.51. The molecule has 1 fully saturated rings. The molecule has 1 aliphatic heterocycles. The third-order valence-corrected chi connectivity index (χ3v) is 5.80. The number of nitrogens with one attached hydrogen (secondary N) is 1. The maximum atomic E-state index is 4.03. The van der Waals surface area contributed by atoms with Crippen molar-refractivity contribution in [1.82, 2.24) is 10.2 Å².